The van der Waals surface area contributed by atoms with Gasteiger partial charge < -0.3 is 14.3 Å². The Morgan fingerprint density at radius 2 is 0.760 bits per heavy atom. The smallest absolute Gasteiger partial charge is 0.327 e. The second-order valence-corrected chi connectivity index (χ2v) is 21.7. The number of benzene rings is 4. The summed E-state index contributed by atoms with van der Waals surface area (Å²) in [4.78, 5) is 20.4. The summed E-state index contributed by atoms with van der Waals surface area (Å²) in [5.74, 6) is -0.234. The number of rotatable bonds is 5. The van der Waals surface area contributed by atoms with E-state index in [-0.39, 0.29) is 45.0 Å². The highest BCUT2D eigenvalue weighted by molar-refractivity contribution is 7.39. The van der Waals surface area contributed by atoms with E-state index in [9.17, 15) is 9.79 Å². The lowest BCUT2D eigenvalue weighted by molar-refractivity contribution is 0.246. The molecule has 0 bridgehead atoms. The summed E-state index contributed by atoms with van der Waals surface area (Å²) in [5.41, 5.74) is 9.70. The van der Waals surface area contributed by atoms with Crippen molar-refractivity contribution in [2.24, 2.45) is 0 Å². The average Bonchev–Trinajstić information content (AvgIpc) is 2.92. The molecule has 4 heteroatoms. The van der Waals surface area contributed by atoms with Crippen LogP contribution in [0.25, 0.3) is 21.5 Å². The van der Waals surface area contributed by atoms with Gasteiger partial charge in [-0.2, -0.15) is 0 Å². The molecule has 2 N–H and O–H groups in total. The van der Waals surface area contributed by atoms with E-state index >= 15 is 0 Å². The molecule has 0 spiro atoms. The summed E-state index contributed by atoms with van der Waals surface area (Å²) in [6, 6.07) is 19.2. The van der Waals surface area contributed by atoms with E-state index in [0.29, 0.717) is 0 Å². The lowest BCUT2D eigenvalue weighted by Crippen LogP contribution is -2.24. The quantitative estimate of drug-likeness (QED) is 0.204. The Bertz CT molecular complexity index is 1740. The summed E-state index contributed by atoms with van der Waals surface area (Å²) in [6.45, 7) is 41.5. The lowest BCUT2D eigenvalue weighted by Gasteiger charge is -2.34. The highest BCUT2D eigenvalue weighted by Gasteiger charge is 2.33. The van der Waals surface area contributed by atoms with Crippen LogP contribution in [0.1, 0.15) is 175 Å². The van der Waals surface area contributed by atoms with Gasteiger partial charge in [-0.1, -0.05) is 161 Å². The first-order chi connectivity index (χ1) is 22.4. The molecule has 3 nitrogen and oxygen atoms in total. The van der Waals surface area contributed by atoms with Crippen molar-refractivity contribution in [3.05, 3.63) is 93.0 Å². The monoisotopic (exact) mass is 698 g/mol. The molecule has 50 heavy (non-hydrogen) atoms. The maximum Gasteiger partial charge on any atom is 0.327 e. The molecule has 0 atom stereocenters. The average molecular weight is 699 g/mol. The van der Waals surface area contributed by atoms with Crippen LogP contribution in [-0.2, 0) is 37.0 Å². The zero-order valence-corrected chi connectivity index (χ0v) is 35.5. The molecule has 0 unspecified atom stereocenters. The zero-order valence-electron chi connectivity index (χ0n) is 34.7. The second-order valence-electron chi connectivity index (χ2n) is 21.0. The van der Waals surface area contributed by atoms with Gasteiger partial charge in [0.2, 0.25) is 0 Å². The van der Waals surface area contributed by atoms with E-state index in [2.05, 4.69) is 173 Å². The van der Waals surface area contributed by atoms with Crippen LogP contribution >= 0.6 is 8.60 Å². The summed E-state index contributed by atoms with van der Waals surface area (Å²) in [5, 5.41) is 5.00. The molecule has 0 saturated heterocycles. The van der Waals surface area contributed by atoms with E-state index in [0.717, 1.165) is 0 Å². The highest BCUT2D eigenvalue weighted by Crippen LogP contribution is 2.47. The van der Waals surface area contributed by atoms with Gasteiger partial charge >= 0.3 is 8.60 Å². The molecule has 274 valence electrons. The Labute approximate surface area is 306 Å². The first-order valence-electron chi connectivity index (χ1n) is 18.5. The molecular formula is C46H67O3P. The molecule has 0 aliphatic heterocycles. The minimum Gasteiger partial charge on any atom is -0.328 e. The van der Waals surface area contributed by atoms with Crippen molar-refractivity contribution >= 4 is 30.1 Å². The third-order valence-electron chi connectivity index (χ3n) is 10.3. The van der Waals surface area contributed by atoms with Crippen LogP contribution in [-0.4, -0.2) is 16.4 Å². The van der Waals surface area contributed by atoms with Crippen molar-refractivity contribution in [1.82, 2.24) is 0 Å². The fourth-order valence-electron chi connectivity index (χ4n) is 7.33. The Morgan fingerprint density at radius 1 is 0.440 bits per heavy atom. The van der Waals surface area contributed by atoms with Gasteiger partial charge in [-0.15, -0.1) is 0 Å². The van der Waals surface area contributed by atoms with E-state index in [1.807, 2.05) is 0 Å². The van der Waals surface area contributed by atoms with Crippen LogP contribution in [0.4, 0.5) is 0 Å². The number of hydrogen-bond acceptors (Lipinski definition) is 3. The Balaban J connectivity index is 2.25. The van der Waals surface area contributed by atoms with Crippen LogP contribution in [0.2, 0.25) is 0 Å². The summed E-state index contributed by atoms with van der Waals surface area (Å²) in [7, 11) is -2.54. The van der Waals surface area contributed by atoms with E-state index in [4.69, 9.17) is 4.52 Å². The molecule has 0 amide bonds. The van der Waals surface area contributed by atoms with Gasteiger partial charge in [0.25, 0.3) is 0 Å². The Hall–Kier alpha value is -2.29. The molecule has 0 radical (unpaired) electrons. The normalized spacial score (nSPS) is 14.1. The van der Waals surface area contributed by atoms with Gasteiger partial charge in [0.1, 0.15) is 0 Å². The van der Waals surface area contributed by atoms with E-state index < -0.39 is 8.60 Å². The molecule has 4 aromatic carbocycles. The first kappa shape index (κ1) is 40.5. The highest BCUT2D eigenvalue weighted by atomic mass is 31.2. The Kier molecular flexibility index (Phi) is 10.8. The van der Waals surface area contributed by atoms with Crippen molar-refractivity contribution in [2.75, 3.05) is 6.61 Å². The third kappa shape index (κ3) is 8.66. The van der Waals surface area contributed by atoms with Gasteiger partial charge in [0, 0.05) is 5.92 Å². The largest absolute Gasteiger partial charge is 0.328 e. The lowest BCUT2D eigenvalue weighted by atomic mass is 9.71. The maximum atomic E-state index is 10.2. The summed E-state index contributed by atoms with van der Waals surface area (Å²) in [6.07, 6.45) is 0. The van der Waals surface area contributed by atoms with Crippen LogP contribution < -0.4 is 0 Å². The van der Waals surface area contributed by atoms with Crippen molar-refractivity contribution in [3.8, 4) is 0 Å². The predicted octanol–water partition coefficient (Wildman–Crippen LogP) is 13.1. The second kappa shape index (κ2) is 13.3. The molecule has 0 aliphatic carbocycles. The van der Waals surface area contributed by atoms with Gasteiger partial charge in [0.15, 0.2) is 0 Å². The van der Waals surface area contributed by atoms with Crippen molar-refractivity contribution < 1.29 is 14.3 Å². The van der Waals surface area contributed by atoms with Crippen LogP contribution in [0, 0.1) is 0 Å². The van der Waals surface area contributed by atoms with Crippen molar-refractivity contribution in [3.63, 3.8) is 0 Å². The van der Waals surface area contributed by atoms with Crippen LogP contribution in [0.3, 0.4) is 0 Å². The van der Waals surface area contributed by atoms with Crippen molar-refractivity contribution in [2.45, 2.75) is 163 Å². The maximum absolute atomic E-state index is 10.2. The fourth-order valence-corrected chi connectivity index (χ4v) is 7.61. The Morgan fingerprint density at radius 3 is 1.02 bits per heavy atom. The van der Waals surface area contributed by atoms with Crippen LogP contribution in [0.5, 0.6) is 0 Å². The molecule has 4 rings (SSSR count). The van der Waals surface area contributed by atoms with E-state index in [1.54, 1.807) is 0 Å². The summed E-state index contributed by atoms with van der Waals surface area (Å²) < 4.78 is 5.87. The number of fused-ring (bicyclic) bond motifs is 2. The summed E-state index contributed by atoms with van der Waals surface area (Å²) >= 11 is 0. The minimum absolute atomic E-state index is 0.00881. The van der Waals surface area contributed by atoms with Gasteiger partial charge in [-0.25, -0.2) is 0 Å². The first-order valence-corrected chi connectivity index (χ1v) is 19.6. The minimum atomic E-state index is -2.54. The molecule has 4 aromatic rings. The predicted molar refractivity (Wildman–Crippen MR) is 219 cm³/mol. The molecule has 0 fully saturated rings. The number of hydrogen-bond donors (Lipinski definition) is 2. The third-order valence-corrected chi connectivity index (χ3v) is 10.7. The van der Waals surface area contributed by atoms with Crippen LogP contribution in [0.15, 0.2) is 48.5 Å². The molecule has 0 aromatic heterocycles. The van der Waals surface area contributed by atoms with Gasteiger partial charge in [-0.05, 0) is 111 Å². The molecule has 0 heterocycles. The van der Waals surface area contributed by atoms with Crippen molar-refractivity contribution in [1.29, 1.82) is 0 Å². The van der Waals surface area contributed by atoms with Gasteiger partial charge in [0.05, 0.1) is 6.61 Å². The molecule has 0 saturated carbocycles. The zero-order chi connectivity index (χ0) is 38.2. The topological polar surface area (TPSA) is 49.7 Å². The van der Waals surface area contributed by atoms with Gasteiger partial charge in [-0.3, -0.25) is 0 Å². The van der Waals surface area contributed by atoms with E-state index in [1.165, 1.54) is 66.1 Å². The molecule has 0 aliphatic rings. The molecular weight excluding hydrogens is 631 g/mol. The standard InChI is InChI=1S/C46H67O3P/c1-41(2,3)30-19-28-21-37(43(7,8)9)34(25-32(28)39(23-30)45(13,14)15)36(27-49-50(47)48)35-26-33-29(22-38(35)44(10,11)12)20-31(42(4,5)6)24-40(33)46(16,17)18/h19-26,36,47-48H,27H2,1-18H3. The SMILES string of the molecule is CC(C)(C)c1cc(C(C)(C)C)c2cc(C(COP(O)O)c3cc4c(C(C)(C)C)cc(C(C)(C)C)cc4cc3C(C)(C)C)c(C(C)(C)C)cc2c1. The fraction of sp³-hybridized carbons (Fsp3) is 0.565.